The smallest absolute Gasteiger partial charge is 0.313 e. The number of nitrogens with two attached hydrogens (primary N) is 2. The second-order valence-electron chi connectivity index (χ2n) is 21.4. The van der Waals surface area contributed by atoms with Crippen molar-refractivity contribution in [2.45, 2.75) is 195 Å². The number of ether oxygens (including phenoxy) is 5. The van der Waals surface area contributed by atoms with Gasteiger partial charge in [-0.2, -0.15) is 0 Å². The molecule has 0 aromatic heterocycles. The maximum absolute atomic E-state index is 13.3. The molecule has 0 amide bonds. The van der Waals surface area contributed by atoms with E-state index in [1.54, 1.807) is 110 Å². The van der Waals surface area contributed by atoms with Crippen LogP contribution < -0.4 is 11.5 Å². The van der Waals surface area contributed by atoms with Crippen molar-refractivity contribution in [3.05, 3.63) is 115 Å². The first-order valence-corrected chi connectivity index (χ1v) is 27.3. The Labute approximate surface area is 468 Å². The van der Waals surface area contributed by atoms with Crippen molar-refractivity contribution in [1.29, 1.82) is 0 Å². The Morgan fingerprint density at radius 3 is 1.86 bits per heavy atom. The molecule has 21 nitrogen and oxygen atoms in total. The number of allylic oxidation sites excluding steroid dienone is 12. The van der Waals surface area contributed by atoms with Crippen LogP contribution in [0.5, 0.6) is 0 Å². The number of aliphatic hydroxyl groups is 10. The van der Waals surface area contributed by atoms with E-state index in [0.717, 1.165) is 7.11 Å². The first-order chi connectivity index (χ1) is 37.9. The third-order valence-corrected chi connectivity index (χ3v) is 14.3. The lowest BCUT2D eigenvalue weighted by Crippen LogP contribution is -2.61. The number of hydrogen-bond donors (Lipinski definition) is 12. The largest absolute Gasteiger partial charge is 0.469 e. The van der Waals surface area contributed by atoms with Crippen molar-refractivity contribution in [1.82, 2.24) is 0 Å². The zero-order chi connectivity index (χ0) is 59.1. The second-order valence-corrected chi connectivity index (χ2v) is 21.4. The number of ketones is 2. The molecule has 446 valence electrons. The van der Waals surface area contributed by atoms with Crippen LogP contribution in [0.2, 0.25) is 0 Å². The first-order valence-electron chi connectivity index (χ1n) is 27.3. The molecule has 3 heterocycles. The molecule has 14 N–H and O–H groups in total. The molecule has 2 saturated heterocycles. The summed E-state index contributed by atoms with van der Waals surface area (Å²) in [4.78, 5) is 52.2. The van der Waals surface area contributed by atoms with E-state index in [1.165, 1.54) is 0 Å². The van der Waals surface area contributed by atoms with Gasteiger partial charge in [0, 0.05) is 55.7 Å². The zero-order valence-electron chi connectivity index (χ0n) is 46.1. The van der Waals surface area contributed by atoms with Crippen molar-refractivity contribution in [3.63, 3.8) is 0 Å². The zero-order valence-corrected chi connectivity index (χ0v) is 46.1. The summed E-state index contributed by atoms with van der Waals surface area (Å²) in [6.07, 6.45) is 2.76. The van der Waals surface area contributed by atoms with Crippen LogP contribution in [0, 0.1) is 17.8 Å². The molecule has 14 unspecified atom stereocenters. The number of nitrogen functional groups attached to an aromatic ring is 1. The van der Waals surface area contributed by atoms with Crippen LogP contribution in [-0.4, -0.2) is 179 Å². The van der Waals surface area contributed by atoms with Gasteiger partial charge in [-0.25, -0.2) is 0 Å². The van der Waals surface area contributed by atoms with Gasteiger partial charge in [0.2, 0.25) is 0 Å². The summed E-state index contributed by atoms with van der Waals surface area (Å²) in [5.74, 6) is -6.91. The highest BCUT2D eigenvalue weighted by molar-refractivity contribution is 5.96. The molecule has 2 fully saturated rings. The summed E-state index contributed by atoms with van der Waals surface area (Å²) >= 11 is 0. The SMILES string of the molecule is COC(=O)C1C(O)CC2(O)CC(O)CC(O)CC(O)CC(O)CC(=O)CC(O)CC(=O)OC(C(C)CCC(O)CC(=O)c3ccc(N)cc3)C(C)C=CC=CC=CC=CC=CC=CC=CC(O[C@@H]3O[C@H](C)[C@@H](O)[C@H](N)[C@@H]3O)CC1O2. The van der Waals surface area contributed by atoms with Crippen molar-refractivity contribution in [3.8, 4) is 0 Å². The van der Waals surface area contributed by atoms with E-state index in [1.807, 2.05) is 19.9 Å². The third kappa shape index (κ3) is 23.0. The van der Waals surface area contributed by atoms with Gasteiger partial charge >= 0.3 is 11.9 Å². The quantitative estimate of drug-likeness (QED) is 0.0909. The Hall–Kier alpha value is -5.08. The Morgan fingerprint density at radius 1 is 0.713 bits per heavy atom. The van der Waals surface area contributed by atoms with E-state index >= 15 is 0 Å². The van der Waals surface area contributed by atoms with E-state index in [9.17, 15) is 70.2 Å². The van der Waals surface area contributed by atoms with Gasteiger partial charge in [0.25, 0.3) is 0 Å². The topological polar surface area (TPSA) is 369 Å². The van der Waals surface area contributed by atoms with E-state index in [0.29, 0.717) is 17.7 Å². The van der Waals surface area contributed by atoms with Crippen LogP contribution >= 0.6 is 0 Å². The molecule has 3 aliphatic rings. The molecule has 1 aromatic rings. The van der Waals surface area contributed by atoms with Crippen LogP contribution in [-0.2, 0) is 38.1 Å². The fraction of sp³-hybridized carbons (Fsp3) is 0.593. The number of carbonyl (C=O) groups excluding carboxylic acids is 4. The standard InChI is InChI=1S/C59H86N2O19/c1-35-17-15-13-11-9-7-5-6-8-10-12-14-16-18-47(78-58-55(73)53(61)54(72)37(3)77-58)32-50-52(57(74)76-4)49(70)34-59(75,80-50)33-46(68)29-44(66)27-42(64)25-41(63)26-43(65)28-45(67)31-51(71)79-56(35)36(2)19-24-40(62)30-48(69)38-20-22-39(60)23-21-38/h5-18,20-23,35-37,40-42,44-47,49-50,52-56,58,62-64,66-68,70,72-73,75H,19,24-34,60-61H2,1-4H3/t35?,36?,37-,40?,41?,42?,44?,45?,46?,47?,49?,50?,52?,53+,54-,55+,56?,58+,59?/m1/s1. The minimum atomic E-state index is -2.29. The fourth-order valence-corrected chi connectivity index (χ4v) is 10.0. The van der Waals surface area contributed by atoms with Gasteiger partial charge in [0.1, 0.15) is 23.9 Å². The number of esters is 2. The molecular formula is C59H86N2O19. The Morgan fingerprint density at radius 2 is 1.26 bits per heavy atom. The van der Waals surface area contributed by atoms with Crippen LogP contribution in [0.4, 0.5) is 5.69 Å². The lowest BCUT2D eigenvalue weighted by atomic mass is 9.82. The van der Waals surface area contributed by atoms with Gasteiger partial charge < -0.3 is 86.2 Å². The number of hydrogen-bond acceptors (Lipinski definition) is 21. The molecule has 3 aliphatic heterocycles. The number of benzene rings is 1. The average molecular weight is 1130 g/mol. The number of rotatable bonds is 10. The number of carbonyl (C=O) groups is 4. The normalized spacial score (nSPS) is 35.2. The van der Waals surface area contributed by atoms with Crippen LogP contribution in [0.3, 0.4) is 0 Å². The lowest BCUT2D eigenvalue weighted by Gasteiger charge is -2.45. The predicted molar refractivity (Wildman–Crippen MR) is 294 cm³/mol. The average Bonchev–Trinajstić information content (AvgIpc) is 3.48. The number of cyclic esters (lactones) is 1. The summed E-state index contributed by atoms with van der Waals surface area (Å²) in [7, 11) is 1.11. The summed E-state index contributed by atoms with van der Waals surface area (Å²) in [6, 6.07) is 5.24. The molecule has 2 bridgehead atoms. The predicted octanol–water partition coefficient (Wildman–Crippen LogP) is 2.37. The van der Waals surface area contributed by atoms with E-state index in [2.05, 4.69) is 0 Å². The fourth-order valence-electron chi connectivity index (χ4n) is 10.0. The number of Topliss-reactive ketones (excluding diaryl/α,β-unsaturated/α-hetero) is 2. The monoisotopic (exact) mass is 1130 g/mol. The molecule has 0 spiro atoms. The Bertz CT molecular complexity index is 2300. The van der Waals surface area contributed by atoms with Crippen molar-refractivity contribution in [2.24, 2.45) is 23.5 Å². The van der Waals surface area contributed by atoms with Crippen molar-refractivity contribution in [2.75, 3.05) is 12.8 Å². The van der Waals surface area contributed by atoms with Gasteiger partial charge in [-0.3, -0.25) is 19.2 Å². The number of anilines is 1. The van der Waals surface area contributed by atoms with Gasteiger partial charge in [0.15, 0.2) is 17.9 Å². The van der Waals surface area contributed by atoms with Crippen molar-refractivity contribution < 1.29 is 93.9 Å². The van der Waals surface area contributed by atoms with Gasteiger partial charge in [-0.15, -0.1) is 0 Å². The summed E-state index contributed by atoms with van der Waals surface area (Å²) in [6.45, 7) is 5.23. The molecule has 4 rings (SSSR count). The molecule has 0 saturated carbocycles. The second kappa shape index (κ2) is 33.7. The molecular weight excluding hydrogens is 1040 g/mol. The highest BCUT2D eigenvalue weighted by Gasteiger charge is 2.51. The highest BCUT2D eigenvalue weighted by atomic mass is 16.7. The van der Waals surface area contributed by atoms with Gasteiger partial charge in [-0.1, -0.05) is 98.9 Å². The molecule has 80 heavy (non-hydrogen) atoms. The summed E-state index contributed by atoms with van der Waals surface area (Å²) < 4.78 is 28.9. The molecule has 21 heteroatoms. The maximum atomic E-state index is 13.3. The number of methoxy groups -OCH3 is 1. The van der Waals surface area contributed by atoms with E-state index < -0.39 is 160 Å². The third-order valence-electron chi connectivity index (χ3n) is 14.3. The highest BCUT2D eigenvalue weighted by Crippen LogP contribution is 2.39. The van der Waals surface area contributed by atoms with Gasteiger partial charge in [0.05, 0.1) is 86.7 Å². The summed E-state index contributed by atoms with van der Waals surface area (Å²) in [5, 5.41) is 109. The number of aliphatic hydroxyl groups excluding tert-OH is 9. The summed E-state index contributed by atoms with van der Waals surface area (Å²) in [5.41, 5.74) is 12.7. The first kappa shape index (κ1) is 67.4. The van der Waals surface area contributed by atoms with E-state index in [4.69, 9.17) is 35.2 Å². The van der Waals surface area contributed by atoms with Crippen LogP contribution in [0.25, 0.3) is 0 Å². The lowest BCUT2D eigenvalue weighted by molar-refractivity contribution is -0.308. The molecule has 0 radical (unpaired) electrons. The van der Waals surface area contributed by atoms with Crippen LogP contribution in [0.15, 0.2) is 109 Å². The van der Waals surface area contributed by atoms with E-state index in [-0.39, 0.29) is 49.7 Å². The van der Waals surface area contributed by atoms with Crippen LogP contribution in [0.1, 0.15) is 108 Å². The molecule has 0 aliphatic carbocycles. The minimum absolute atomic E-state index is 0.126. The van der Waals surface area contributed by atoms with Gasteiger partial charge in [-0.05, 0) is 69.2 Å². The molecule has 19 atom stereocenters. The van der Waals surface area contributed by atoms with Crippen molar-refractivity contribution >= 4 is 29.2 Å². The molecule has 1 aromatic carbocycles. The Kier molecular flexibility index (Phi) is 28.4. The minimum Gasteiger partial charge on any atom is -0.469 e. The Balaban J connectivity index is 1.55. The number of fused-ring (bicyclic) bond motifs is 2. The maximum Gasteiger partial charge on any atom is 0.313 e.